The number of rotatable bonds is 3. The van der Waals surface area contributed by atoms with Crippen LogP contribution in [0.2, 0.25) is 0 Å². The number of benzene rings is 1. The summed E-state index contributed by atoms with van der Waals surface area (Å²) in [6.07, 6.45) is 7.53. The van der Waals surface area contributed by atoms with Crippen LogP contribution in [-0.4, -0.2) is 28.4 Å². The molecular formula is C17H23N3O. The predicted molar refractivity (Wildman–Crippen MR) is 86.3 cm³/mol. The Morgan fingerprint density at radius 3 is 3.10 bits per heavy atom. The van der Waals surface area contributed by atoms with Gasteiger partial charge in [0.1, 0.15) is 0 Å². The normalized spacial score (nSPS) is 19.1. The predicted octanol–water partition coefficient (Wildman–Crippen LogP) is 3.54. The first kappa shape index (κ1) is 14.0. The van der Waals surface area contributed by atoms with Crippen molar-refractivity contribution in [1.82, 2.24) is 9.88 Å². The number of anilines is 1. The lowest BCUT2D eigenvalue weighted by Gasteiger charge is -2.35. The molecular weight excluding hydrogens is 262 g/mol. The van der Waals surface area contributed by atoms with E-state index >= 15 is 0 Å². The Hall–Kier alpha value is -1.97. The maximum Gasteiger partial charge on any atom is 0.256 e. The molecule has 2 aromatic rings. The van der Waals surface area contributed by atoms with E-state index in [9.17, 15) is 4.79 Å². The summed E-state index contributed by atoms with van der Waals surface area (Å²) in [5.74, 6) is 0.157. The van der Waals surface area contributed by atoms with Gasteiger partial charge >= 0.3 is 0 Å². The molecule has 1 aliphatic heterocycles. The van der Waals surface area contributed by atoms with E-state index in [-0.39, 0.29) is 5.91 Å². The summed E-state index contributed by atoms with van der Waals surface area (Å²) in [4.78, 5) is 18.2. The van der Waals surface area contributed by atoms with E-state index in [2.05, 4.69) is 16.8 Å². The van der Waals surface area contributed by atoms with Gasteiger partial charge in [-0.15, -0.1) is 0 Å². The molecule has 4 heteroatoms. The highest BCUT2D eigenvalue weighted by molar-refractivity contribution is 6.07. The molecule has 3 N–H and O–H groups in total. The van der Waals surface area contributed by atoms with Crippen LogP contribution in [0.5, 0.6) is 0 Å². The zero-order valence-electron chi connectivity index (χ0n) is 12.6. The quantitative estimate of drug-likeness (QED) is 0.847. The standard InChI is InChI=1S/C17H23N3O/c1-2-5-13-6-3-4-9-20(13)17(21)15-11-19-16-10-12(18)7-8-14(15)16/h7-8,10-11,13,19H,2-6,9,18H2,1H3. The summed E-state index contributed by atoms with van der Waals surface area (Å²) in [5.41, 5.74) is 8.22. The van der Waals surface area contributed by atoms with Crippen LogP contribution in [0.4, 0.5) is 5.69 Å². The molecule has 1 aromatic heterocycles. The van der Waals surface area contributed by atoms with Crippen molar-refractivity contribution in [2.45, 2.75) is 45.1 Å². The number of carbonyl (C=O) groups is 1. The lowest BCUT2D eigenvalue weighted by Crippen LogP contribution is -2.43. The van der Waals surface area contributed by atoms with Crippen LogP contribution in [0.25, 0.3) is 10.9 Å². The van der Waals surface area contributed by atoms with Crippen LogP contribution in [-0.2, 0) is 0 Å². The Bertz CT molecular complexity index is 645. The van der Waals surface area contributed by atoms with E-state index in [0.717, 1.165) is 48.7 Å². The van der Waals surface area contributed by atoms with Crippen LogP contribution in [0, 0.1) is 0 Å². The zero-order valence-corrected chi connectivity index (χ0v) is 12.6. The fourth-order valence-corrected chi connectivity index (χ4v) is 3.38. The second-order valence-electron chi connectivity index (χ2n) is 5.94. The highest BCUT2D eigenvalue weighted by Crippen LogP contribution is 2.27. The van der Waals surface area contributed by atoms with E-state index in [1.54, 1.807) is 0 Å². The van der Waals surface area contributed by atoms with Crippen molar-refractivity contribution < 1.29 is 4.79 Å². The smallest absolute Gasteiger partial charge is 0.256 e. The molecule has 1 aliphatic rings. The molecule has 0 saturated carbocycles. The lowest BCUT2D eigenvalue weighted by molar-refractivity contribution is 0.0603. The van der Waals surface area contributed by atoms with E-state index in [4.69, 9.17) is 5.73 Å². The number of piperidine rings is 1. The average molecular weight is 285 g/mol. The number of hydrogen-bond donors (Lipinski definition) is 2. The van der Waals surface area contributed by atoms with Crippen LogP contribution in [0.1, 0.15) is 49.4 Å². The zero-order chi connectivity index (χ0) is 14.8. The summed E-state index contributed by atoms with van der Waals surface area (Å²) in [5, 5.41) is 0.968. The Kier molecular flexibility index (Phi) is 3.86. The minimum atomic E-state index is 0.157. The highest BCUT2D eigenvalue weighted by Gasteiger charge is 2.28. The van der Waals surface area contributed by atoms with Crippen molar-refractivity contribution in [2.75, 3.05) is 12.3 Å². The van der Waals surface area contributed by atoms with Gasteiger partial charge in [0.25, 0.3) is 5.91 Å². The van der Waals surface area contributed by atoms with Gasteiger partial charge in [-0.1, -0.05) is 13.3 Å². The molecule has 0 aliphatic carbocycles. The summed E-state index contributed by atoms with van der Waals surface area (Å²) >= 11 is 0. The van der Waals surface area contributed by atoms with Gasteiger partial charge in [0, 0.05) is 35.4 Å². The fraction of sp³-hybridized carbons (Fsp3) is 0.471. The molecule has 3 rings (SSSR count). The molecule has 112 valence electrons. The number of nitrogens with zero attached hydrogens (tertiary/aromatic N) is 1. The van der Waals surface area contributed by atoms with Crippen LogP contribution in [0.15, 0.2) is 24.4 Å². The van der Waals surface area contributed by atoms with E-state index in [0.29, 0.717) is 11.7 Å². The van der Waals surface area contributed by atoms with Crippen molar-refractivity contribution in [2.24, 2.45) is 0 Å². The van der Waals surface area contributed by atoms with Crippen molar-refractivity contribution in [1.29, 1.82) is 0 Å². The number of hydrogen-bond acceptors (Lipinski definition) is 2. The van der Waals surface area contributed by atoms with E-state index < -0.39 is 0 Å². The number of nitrogen functional groups attached to an aromatic ring is 1. The minimum absolute atomic E-state index is 0.157. The number of H-pyrrole nitrogens is 1. The van der Waals surface area contributed by atoms with Crippen LogP contribution < -0.4 is 5.73 Å². The number of carbonyl (C=O) groups excluding carboxylic acids is 1. The summed E-state index contributed by atoms with van der Waals surface area (Å²) in [7, 11) is 0. The molecule has 2 heterocycles. The first-order valence-electron chi connectivity index (χ1n) is 7.88. The molecule has 21 heavy (non-hydrogen) atoms. The Balaban J connectivity index is 1.91. The van der Waals surface area contributed by atoms with Gasteiger partial charge in [0.15, 0.2) is 0 Å². The average Bonchev–Trinajstić information content (AvgIpc) is 2.90. The number of fused-ring (bicyclic) bond motifs is 1. The third-order valence-corrected chi connectivity index (χ3v) is 4.45. The van der Waals surface area contributed by atoms with Crippen molar-refractivity contribution in [3.63, 3.8) is 0 Å². The van der Waals surface area contributed by atoms with Gasteiger partial charge in [-0.05, 0) is 43.9 Å². The number of amides is 1. The fourth-order valence-electron chi connectivity index (χ4n) is 3.38. The molecule has 0 spiro atoms. The SMILES string of the molecule is CCCC1CCCCN1C(=O)c1c[nH]c2cc(N)ccc12. The molecule has 1 atom stereocenters. The Labute approximate surface area is 125 Å². The lowest BCUT2D eigenvalue weighted by atomic mass is 9.97. The minimum Gasteiger partial charge on any atom is -0.399 e. The van der Waals surface area contributed by atoms with Gasteiger partial charge in [-0.3, -0.25) is 4.79 Å². The Morgan fingerprint density at radius 2 is 2.29 bits per heavy atom. The Morgan fingerprint density at radius 1 is 1.43 bits per heavy atom. The van der Waals surface area contributed by atoms with Crippen LogP contribution in [0.3, 0.4) is 0 Å². The van der Waals surface area contributed by atoms with Crippen LogP contribution >= 0.6 is 0 Å². The second kappa shape index (κ2) is 5.80. The van der Waals surface area contributed by atoms with Gasteiger partial charge in [-0.2, -0.15) is 0 Å². The first-order valence-corrected chi connectivity index (χ1v) is 7.88. The number of aromatic nitrogens is 1. The second-order valence-corrected chi connectivity index (χ2v) is 5.94. The largest absolute Gasteiger partial charge is 0.399 e. The number of nitrogens with two attached hydrogens (primary N) is 1. The van der Waals surface area contributed by atoms with Crippen molar-refractivity contribution in [3.05, 3.63) is 30.0 Å². The first-order chi connectivity index (χ1) is 10.2. The third kappa shape index (κ3) is 2.62. The summed E-state index contributed by atoms with van der Waals surface area (Å²) in [6.45, 7) is 3.07. The molecule has 1 fully saturated rings. The van der Waals surface area contributed by atoms with Crippen molar-refractivity contribution >= 4 is 22.5 Å². The maximum absolute atomic E-state index is 12.9. The molecule has 1 saturated heterocycles. The van der Waals surface area contributed by atoms with Crippen molar-refractivity contribution in [3.8, 4) is 0 Å². The van der Waals surface area contributed by atoms with Gasteiger partial charge in [0.2, 0.25) is 0 Å². The summed E-state index contributed by atoms with van der Waals surface area (Å²) < 4.78 is 0. The molecule has 1 aromatic carbocycles. The molecule has 0 bridgehead atoms. The summed E-state index contributed by atoms with van der Waals surface area (Å²) in [6, 6.07) is 6.07. The number of nitrogens with one attached hydrogen (secondary N) is 1. The monoisotopic (exact) mass is 285 g/mol. The molecule has 1 amide bonds. The molecule has 4 nitrogen and oxygen atoms in total. The molecule has 1 unspecified atom stereocenters. The maximum atomic E-state index is 12.9. The molecule has 0 radical (unpaired) electrons. The number of likely N-dealkylation sites (tertiary alicyclic amines) is 1. The van der Waals surface area contributed by atoms with E-state index in [1.807, 2.05) is 24.4 Å². The van der Waals surface area contributed by atoms with Gasteiger partial charge < -0.3 is 15.6 Å². The third-order valence-electron chi connectivity index (χ3n) is 4.45. The van der Waals surface area contributed by atoms with E-state index in [1.165, 1.54) is 6.42 Å². The highest BCUT2D eigenvalue weighted by atomic mass is 16.2. The van der Waals surface area contributed by atoms with Gasteiger partial charge in [-0.25, -0.2) is 0 Å². The topological polar surface area (TPSA) is 62.1 Å². The van der Waals surface area contributed by atoms with Gasteiger partial charge in [0.05, 0.1) is 5.56 Å². The number of aromatic amines is 1.